The van der Waals surface area contributed by atoms with Crippen LogP contribution < -0.4 is 0 Å². The van der Waals surface area contributed by atoms with Gasteiger partial charge in [0.2, 0.25) is 0 Å². The Bertz CT molecular complexity index is 8.04. The van der Waals surface area contributed by atoms with Gasteiger partial charge < -0.3 is 0 Å². The average Bonchev–Trinajstić information content (AvgIpc) is 0. The van der Waals surface area contributed by atoms with E-state index in [1.807, 2.05) is 0 Å². The Balaban J connectivity index is 0. The van der Waals surface area contributed by atoms with E-state index in [0.717, 1.165) is 0 Å². The molecular formula is CH12BCl5. The molecule has 0 unspecified atom stereocenters. The highest BCUT2D eigenvalue weighted by molar-refractivity contribution is 5.86. The van der Waals surface area contributed by atoms with Crippen LogP contribution in [-0.4, -0.2) is 8.41 Å². The third kappa shape index (κ3) is 99.6. The molecule has 0 aliphatic rings. The van der Waals surface area contributed by atoms with E-state index in [9.17, 15) is 0 Å². The van der Waals surface area contributed by atoms with Gasteiger partial charge in [-0.05, 0) is 0 Å². The van der Waals surface area contributed by atoms with Gasteiger partial charge in [0, 0.05) is 0 Å². The lowest BCUT2D eigenvalue weighted by molar-refractivity contribution is 2.50. The number of rotatable bonds is 0. The number of hydrogen-bond acceptors (Lipinski definition) is 0. The van der Waals surface area contributed by atoms with E-state index in [2.05, 4.69) is 0 Å². The van der Waals surface area contributed by atoms with E-state index < -0.39 is 0 Å². The van der Waals surface area contributed by atoms with Crippen LogP contribution in [0.4, 0.5) is 0 Å². The lowest BCUT2D eigenvalue weighted by atomic mass is 10.8. The molecule has 54 valence electrons. The molecule has 0 amide bonds. The maximum Gasteiger partial charge on any atom is 0.0814 e. The van der Waals surface area contributed by atoms with Crippen molar-refractivity contribution in [3.05, 3.63) is 0 Å². The van der Waals surface area contributed by atoms with Crippen molar-refractivity contribution in [3.8, 4) is 0 Å². The first kappa shape index (κ1) is 210. The Labute approximate surface area is 77.8 Å². The summed E-state index contributed by atoms with van der Waals surface area (Å²) in [7, 11) is 0. The van der Waals surface area contributed by atoms with Crippen molar-refractivity contribution in [1.82, 2.24) is 0 Å². The summed E-state index contributed by atoms with van der Waals surface area (Å²) < 4.78 is 0. The lowest BCUT2D eigenvalue weighted by Crippen LogP contribution is -0.381. The van der Waals surface area contributed by atoms with E-state index in [1.165, 1.54) is 0 Å². The highest BCUT2D eigenvalue weighted by atomic mass is 35.5. The second kappa shape index (κ2) is 139. The molecule has 0 nitrogen and oxygen atoms in total. The van der Waals surface area contributed by atoms with Crippen LogP contribution in [0.3, 0.4) is 0 Å². The van der Waals surface area contributed by atoms with Crippen LogP contribution >= 0.6 is 62.0 Å². The summed E-state index contributed by atoms with van der Waals surface area (Å²) in [6, 6.07) is 0. The molecule has 0 aliphatic heterocycles. The fourth-order valence-electron chi connectivity index (χ4n) is 0. The van der Waals surface area contributed by atoms with E-state index in [0.29, 0.717) is 0 Å². The van der Waals surface area contributed by atoms with Gasteiger partial charge in [-0.2, -0.15) is 0 Å². The Morgan fingerprint density at radius 3 is 0.429 bits per heavy atom. The summed E-state index contributed by atoms with van der Waals surface area (Å²) in [5.41, 5.74) is 0. The first-order valence-corrected chi connectivity index (χ1v) is 0. The van der Waals surface area contributed by atoms with Gasteiger partial charge in [-0.3, -0.25) is 0 Å². The minimum absolute atomic E-state index is 0. The van der Waals surface area contributed by atoms with E-state index in [-0.39, 0.29) is 77.9 Å². The van der Waals surface area contributed by atoms with Crippen LogP contribution in [0.2, 0.25) is 0 Å². The highest BCUT2D eigenvalue weighted by Crippen LogP contribution is 0.694. The minimum Gasteiger partial charge on any atom is -0.147 e. The molecule has 0 aliphatic carbocycles. The van der Waals surface area contributed by atoms with E-state index in [4.69, 9.17) is 0 Å². The van der Waals surface area contributed by atoms with Gasteiger partial charge in [-0.15, -0.1) is 62.0 Å². The summed E-state index contributed by atoms with van der Waals surface area (Å²) in [5.74, 6) is 0. The van der Waals surface area contributed by atoms with Crippen LogP contribution in [-0.2, 0) is 0 Å². The van der Waals surface area contributed by atoms with Gasteiger partial charge in [0.05, 0.1) is 8.41 Å². The zero-order chi connectivity index (χ0) is 0. The zero-order valence-electron chi connectivity index (χ0n) is 2.04. The molecule has 0 rings (SSSR count). The van der Waals surface area contributed by atoms with Gasteiger partial charge in [0.25, 0.3) is 0 Å². The monoisotopic (exact) mass is 210 g/mol. The topological polar surface area (TPSA) is 0 Å². The van der Waals surface area contributed by atoms with Crippen molar-refractivity contribution in [3.63, 3.8) is 0 Å². The average molecular weight is 212 g/mol. The molecule has 6 heteroatoms. The first-order valence-electron chi connectivity index (χ1n) is 0. The molecule has 0 saturated carbocycles. The van der Waals surface area contributed by atoms with Crippen LogP contribution in [0.25, 0.3) is 0 Å². The van der Waals surface area contributed by atoms with Crippen LogP contribution in [0.5, 0.6) is 0 Å². The molecule has 0 fully saturated rings. The van der Waals surface area contributed by atoms with Crippen molar-refractivity contribution in [1.29, 1.82) is 0 Å². The Kier molecular flexibility index (Phi) is 4160. The lowest BCUT2D eigenvalue weighted by Gasteiger charge is -0.148. The molecule has 0 aromatic carbocycles. The smallest absolute Gasteiger partial charge is 0.0814 e. The summed E-state index contributed by atoms with van der Waals surface area (Å²) in [4.78, 5) is 0. The summed E-state index contributed by atoms with van der Waals surface area (Å²) in [5, 5.41) is 0. The second-order valence-corrected chi connectivity index (χ2v) is 0. The van der Waals surface area contributed by atoms with Gasteiger partial charge in [-0.1, -0.05) is 7.43 Å². The van der Waals surface area contributed by atoms with Gasteiger partial charge in [-0.25, -0.2) is 0 Å². The van der Waals surface area contributed by atoms with Gasteiger partial charge >= 0.3 is 0 Å². The Morgan fingerprint density at radius 1 is 0.429 bits per heavy atom. The molecule has 0 atom stereocenters. The third-order valence-corrected chi connectivity index (χ3v) is 0. The van der Waals surface area contributed by atoms with Gasteiger partial charge in [0.1, 0.15) is 0 Å². The predicted molar refractivity (Wildman–Crippen MR) is 52.9 cm³/mol. The quantitative estimate of drug-likeness (QED) is 0.534. The minimum atomic E-state index is 0. The fraction of sp³-hybridized carbons (Fsp3) is 1.00. The third-order valence-electron chi connectivity index (χ3n) is 0. The molecule has 0 radical (unpaired) electrons. The van der Waals surface area contributed by atoms with E-state index in [1.54, 1.807) is 0 Å². The molecular weight excluding hydrogens is 200 g/mol. The normalized spacial score (nSPS) is 0. The maximum absolute atomic E-state index is 0. The fourth-order valence-corrected chi connectivity index (χ4v) is 0. The van der Waals surface area contributed by atoms with Crippen LogP contribution in [0.1, 0.15) is 7.43 Å². The molecule has 7 heavy (non-hydrogen) atoms. The summed E-state index contributed by atoms with van der Waals surface area (Å²) in [6.45, 7) is 0. The summed E-state index contributed by atoms with van der Waals surface area (Å²) in [6.07, 6.45) is 0. The molecule has 0 N–H and O–H groups in total. The molecule has 0 spiro atoms. The second-order valence-electron chi connectivity index (χ2n) is 0. The van der Waals surface area contributed by atoms with Crippen molar-refractivity contribution in [2.24, 2.45) is 0 Å². The SMILES string of the molecule is B.C.Cl.Cl.Cl.Cl.Cl. The Morgan fingerprint density at radius 2 is 0.429 bits per heavy atom. The number of halogens is 5. The van der Waals surface area contributed by atoms with Crippen molar-refractivity contribution < 1.29 is 0 Å². The largest absolute Gasteiger partial charge is 0.147 e. The van der Waals surface area contributed by atoms with E-state index >= 15 is 0 Å². The van der Waals surface area contributed by atoms with Crippen LogP contribution in [0.15, 0.2) is 0 Å². The molecule has 0 aromatic heterocycles. The van der Waals surface area contributed by atoms with Crippen molar-refractivity contribution in [2.45, 2.75) is 7.43 Å². The highest BCUT2D eigenvalue weighted by Gasteiger charge is 0.0814. The van der Waals surface area contributed by atoms with Crippen LogP contribution in [0, 0.1) is 0 Å². The number of hydrogen-bond donors (Lipinski definition) is 0. The standard InChI is InChI=1S/CH4.BH3.5ClH/h1H4;1H3;5*1H. The van der Waals surface area contributed by atoms with Gasteiger partial charge in [0.15, 0.2) is 0 Å². The zero-order valence-corrected chi connectivity index (χ0v) is 6.12. The molecule has 0 aromatic rings. The Hall–Kier alpha value is 1.51. The molecule has 0 saturated heterocycles. The van der Waals surface area contributed by atoms with Crippen molar-refractivity contribution >= 4 is 70.4 Å². The first-order chi connectivity index (χ1) is 0. The predicted octanol–water partition coefficient (Wildman–Crippen LogP) is 1.56. The van der Waals surface area contributed by atoms with Crippen molar-refractivity contribution in [2.75, 3.05) is 0 Å². The summed E-state index contributed by atoms with van der Waals surface area (Å²) >= 11 is 0. The molecule has 0 bridgehead atoms. The molecule has 0 heterocycles. The maximum atomic E-state index is 0.